The molecule has 0 fully saturated rings. The van der Waals surface area contributed by atoms with E-state index in [0.29, 0.717) is 0 Å². The lowest BCUT2D eigenvalue weighted by atomic mass is 10.2. The van der Waals surface area contributed by atoms with E-state index in [1.54, 1.807) is 0 Å². The molecule has 3 aromatic rings. The minimum atomic E-state index is 0.943. The van der Waals surface area contributed by atoms with Crippen molar-refractivity contribution < 1.29 is 0 Å². The maximum atomic E-state index is 4.62. The highest BCUT2D eigenvalue weighted by Gasteiger charge is 2.10. The summed E-state index contributed by atoms with van der Waals surface area (Å²) in [6, 6.07) is 15.2. The van der Waals surface area contributed by atoms with Gasteiger partial charge in [-0.1, -0.05) is 18.2 Å². The summed E-state index contributed by atoms with van der Waals surface area (Å²) in [6.07, 6.45) is 0. The molecule has 3 rings (SSSR count). The summed E-state index contributed by atoms with van der Waals surface area (Å²) >= 11 is 1.83. The van der Waals surface area contributed by atoms with Gasteiger partial charge < -0.3 is 4.90 Å². The SMILES string of the molecule is Cc1cc(C)n(-c2cccc(CN(CCN(C)C)Cc3cccs3)c2)n1. The molecule has 0 aliphatic rings. The van der Waals surface area contributed by atoms with Gasteiger partial charge >= 0.3 is 0 Å². The van der Waals surface area contributed by atoms with Crippen molar-refractivity contribution in [2.75, 3.05) is 27.2 Å². The summed E-state index contributed by atoms with van der Waals surface area (Å²) in [7, 11) is 4.26. The van der Waals surface area contributed by atoms with E-state index in [1.807, 2.05) is 22.9 Å². The first-order chi connectivity index (χ1) is 12.5. The van der Waals surface area contributed by atoms with Crippen molar-refractivity contribution in [3.8, 4) is 5.69 Å². The lowest BCUT2D eigenvalue weighted by Gasteiger charge is -2.24. The second kappa shape index (κ2) is 8.62. The van der Waals surface area contributed by atoms with Crippen molar-refractivity contribution in [1.82, 2.24) is 19.6 Å². The Kier molecular flexibility index (Phi) is 6.25. The highest BCUT2D eigenvalue weighted by molar-refractivity contribution is 7.09. The Morgan fingerprint density at radius 2 is 1.85 bits per heavy atom. The maximum absolute atomic E-state index is 4.62. The van der Waals surface area contributed by atoms with Crippen molar-refractivity contribution in [3.63, 3.8) is 0 Å². The van der Waals surface area contributed by atoms with Crippen LogP contribution >= 0.6 is 11.3 Å². The predicted molar refractivity (Wildman–Crippen MR) is 110 cm³/mol. The summed E-state index contributed by atoms with van der Waals surface area (Å²) in [5, 5.41) is 6.77. The largest absolute Gasteiger partial charge is 0.308 e. The van der Waals surface area contributed by atoms with Crippen LogP contribution in [0.25, 0.3) is 5.69 Å². The van der Waals surface area contributed by atoms with Crippen LogP contribution in [0, 0.1) is 13.8 Å². The molecule has 138 valence electrons. The van der Waals surface area contributed by atoms with Gasteiger partial charge in [0.15, 0.2) is 0 Å². The third-order valence-electron chi connectivity index (χ3n) is 4.39. The summed E-state index contributed by atoms with van der Waals surface area (Å²) in [4.78, 5) is 6.18. The Hall–Kier alpha value is -1.95. The van der Waals surface area contributed by atoms with E-state index in [4.69, 9.17) is 0 Å². The van der Waals surface area contributed by atoms with Crippen molar-refractivity contribution >= 4 is 11.3 Å². The van der Waals surface area contributed by atoms with Gasteiger partial charge in [0, 0.05) is 36.8 Å². The molecular weight excluding hydrogens is 340 g/mol. The van der Waals surface area contributed by atoms with Gasteiger partial charge in [-0.15, -0.1) is 11.3 Å². The quantitative estimate of drug-likeness (QED) is 0.598. The number of aromatic nitrogens is 2. The minimum Gasteiger partial charge on any atom is -0.308 e. The Balaban J connectivity index is 1.77. The fourth-order valence-electron chi connectivity index (χ4n) is 3.11. The molecular formula is C21H28N4S. The molecule has 0 saturated carbocycles. The number of hydrogen-bond acceptors (Lipinski definition) is 4. The third-order valence-corrected chi connectivity index (χ3v) is 5.26. The second-order valence-electron chi connectivity index (χ2n) is 7.10. The van der Waals surface area contributed by atoms with Crippen molar-refractivity contribution in [2.45, 2.75) is 26.9 Å². The van der Waals surface area contributed by atoms with E-state index >= 15 is 0 Å². The van der Waals surface area contributed by atoms with Gasteiger partial charge in [0.05, 0.1) is 11.4 Å². The van der Waals surface area contributed by atoms with Gasteiger partial charge in [0.1, 0.15) is 0 Å². The summed E-state index contributed by atoms with van der Waals surface area (Å²) in [5.74, 6) is 0. The van der Waals surface area contributed by atoms with E-state index < -0.39 is 0 Å². The molecule has 4 nitrogen and oxygen atoms in total. The average Bonchev–Trinajstić information content (AvgIpc) is 3.22. The summed E-state index contributed by atoms with van der Waals surface area (Å²) in [6.45, 7) is 8.19. The van der Waals surface area contributed by atoms with Gasteiger partial charge in [-0.05, 0) is 63.2 Å². The van der Waals surface area contributed by atoms with E-state index in [-0.39, 0.29) is 0 Å². The molecule has 0 spiro atoms. The first-order valence-corrected chi connectivity index (χ1v) is 9.91. The standard InChI is InChI=1S/C21H28N4S/c1-17-13-18(2)25(22-17)20-8-5-7-19(14-20)15-24(11-10-23(3)4)16-21-9-6-12-26-21/h5-9,12-14H,10-11,15-16H2,1-4H3. The summed E-state index contributed by atoms with van der Waals surface area (Å²) in [5.41, 5.74) is 4.68. The third kappa shape index (κ3) is 5.04. The first kappa shape index (κ1) is 18.8. The molecule has 0 bridgehead atoms. The molecule has 1 aromatic carbocycles. The molecule has 0 aliphatic heterocycles. The second-order valence-corrected chi connectivity index (χ2v) is 8.13. The molecule has 26 heavy (non-hydrogen) atoms. The van der Waals surface area contributed by atoms with Crippen LogP contribution in [-0.4, -0.2) is 46.8 Å². The fourth-order valence-corrected chi connectivity index (χ4v) is 3.86. The summed E-state index contributed by atoms with van der Waals surface area (Å²) < 4.78 is 2.03. The molecule has 2 heterocycles. The molecule has 0 radical (unpaired) electrons. The zero-order chi connectivity index (χ0) is 18.5. The van der Waals surface area contributed by atoms with E-state index in [0.717, 1.165) is 37.6 Å². The Morgan fingerprint density at radius 3 is 2.50 bits per heavy atom. The smallest absolute Gasteiger partial charge is 0.0651 e. The number of hydrogen-bond donors (Lipinski definition) is 0. The van der Waals surface area contributed by atoms with Crippen molar-refractivity contribution in [3.05, 3.63) is 69.7 Å². The van der Waals surface area contributed by atoms with Crippen LogP contribution in [0.2, 0.25) is 0 Å². The lowest BCUT2D eigenvalue weighted by molar-refractivity contribution is 0.228. The van der Waals surface area contributed by atoms with Gasteiger partial charge in [-0.3, -0.25) is 4.90 Å². The van der Waals surface area contributed by atoms with Gasteiger partial charge in [-0.2, -0.15) is 5.10 Å². The monoisotopic (exact) mass is 368 g/mol. The van der Waals surface area contributed by atoms with Crippen LogP contribution in [0.15, 0.2) is 47.8 Å². The zero-order valence-corrected chi connectivity index (χ0v) is 17.0. The molecule has 0 saturated heterocycles. The van der Waals surface area contributed by atoms with Gasteiger partial charge in [-0.25, -0.2) is 4.68 Å². The van der Waals surface area contributed by atoms with Crippen LogP contribution in [0.1, 0.15) is 21.8 Å². The first-order valence-electron chi connectivity index (χ1n) is 9.03. The topological polar surface area (TPSA) is 24.3 Å². The van der Waals surface area contributed by atoms with Crippen molar-refractivity contribution in [2.24, 2.45) is 0 Å². The molecule has 2 aromatic heterocycles. The molecule has 0 aliphatic carbocycles. The number of benzene rings is 1. The van der Waals surface area contributed by atoms with Gasteiger partial charge in [0.25, 0.3) is 0 Å². The molecule has 0 N–H and O–H groups in total. The van der Waals surface area contributed by atoms with Crippen LogP contribution in [0.5, 0.6) is 0 Å². The van der Waals surface area contributed by atoms with Crippen LogP contribution in [0.3, 0.4) is 0 Å². The minimum absolute atomic E-state index is 0.943. The number of thiophene rings is 1. The van der Waals surface area contributed by atoms with E-state index in [9.17, 15) is 0 Å². The molecule has 0 amide bonds. The molecule has 5 heteroatoms. The van der Waals surface area contributed by atoms with Crippen LogP contribution in [0.4, 0.5) is 0 Å². The highest BCUT2D eigenvalue weighted by Crippen LogP contribution is 2.17. The number of rotatable bonds is 8. The predicted octanol–water partition coefficient (Wildman–Crippen LogP) is 4.11. The number of aryl methyl sites for hydroxylation is 2. The Bertz CT molecular complexity index is 820. The fraction of sp³-hybridized carbons (Fsp3) is 0.381. The van der Waals surface area contributed by atoms with Crippen LogP contribution in [-0.2, 0) is 13.1 Å². The lowest BCUT2D eigenvalue weighted by Crippen LogP contribution is -2.30. The molecule has 0 unspecified atom stereocenters. The van der Waals surface area contributed by atoms with E-state index in [1.165, 1.54) is 16.1 Å². The van der Waals surface area contributed by atoms with Gasteiger partial charge in [0.2, 0.25) is 0 Å². The number of likely N-dealkylation sites (N-methyl/N-ethyl adjacent to an activating group) is 1. The Morgan fingerprint density at radius 1 is 1.00 bits per heavy atom. The zero-order valence-electron chi connectivity index (χ0n) is 16.1. The average molecular weight is 369 g/mol. The molecule has 0 atom stereocenters. The van der Waals surface area contributed by atoms with Crippen LogP contribution < -0.4 is 0 Å². The Labute approximate surface area is 160 Å². The van der Waals surface area contributed by atoms with E-state index in [2.05, 4.69) is 83.8 Å². The normalized spacial score (nSPS) is 11.6. The highest BCUT2D eigenvalue weighted by atomic mass is 32.1. The maximum Gasteiger partial charge on any atom is 0.0651 e. The van der Waals surface area contributed by atoms with Crippen molar-refractivity contribution in [1.29, 1.82) is 0 Å². The number of nitrogens with zero attached hydrogens (tertiary/aromatic N) is 4.